The second-order valence-electron chi connectivity index (χ2n) is 12.7. The smallest absolute Gasteiger partial charge is 0.419 e. The third-order valence-corrected chi connectivity index (χ3v) is 9.92. The van der Waals surface area contributed by atoms with Gasteiger partial charge in [-0.15, -0.1) is 0 Å². The topological polar surface area (TPSA) is 101 Å². The Hall–Kier alpha value is -3.93. The number of nitrogens with zero attached hydrogens (tertiary/aromatic N) is 1. The first-order valence-corrected chi connectivity index (χ1v) is 15.4. The number of allylic oxidation sites excluding steroid dienone is 1. The third-order valence-electron chi connectivity index (χ3n) is 9.92. The predicted octanol–water partition coefficient (Wildman–Crippen LogP) is 5.30. The minimum Gasteiger partial charge on any atom is -0.496 e. The highest BCUT2D eigenvalue weighted by atomic mass is 19.4. The van der Waals surface area contributed by atoms with E-state index >= 15 is 0 Å². The van der Waals surface area contributed by atoms with Crippen LogP contribution in [0.15, 0.2) is 53.2 Å². The second kappa shape index (κ2) is 11.5. The number of benzene rings is 2. The minimum atomic E-state index is -4.89. The minimum absolute atomic E-state index is 0.00572. The number of alkyl halides is 3. The van der Waals surface area contributed by atoms with Crippen LogP contribution in [0.1, 0.15) is 53.6 Å². The van der Waals surface area contributed by atoms with Gasteiger partial charge in [-0.2, -0.15) is 13.2 Å². The molecule has 3 saturated carbocycles. The van der Waals surface area contributed by atoms with E-state index in [0.29, 0.717) is 35.9 Å². The zero-order valence-corrected chi connectivity index (χ0v) is 24.6. The molecule has 45 heavy (non-hydrogen) atoms. The summed E-state index contributed by atoms with van der Waals surface area (Å²) >= 11 is 0. The van der Waals surface area contributed by atoms with Gasteiger partial charge in [-0.05, 0) is 79.8 Å². The number of rotatable bonds is 8. The highest BCUT2D eigenvalue weighted by Gasteiger charge is 2.52. The van der Waals surface area contributed by atoms with Gasteiger partial charge in [-0.3, -0.25) is 9.59 Å². The van der Waals surface area contributed by atoms with E-state index in [2.05, 4.69) is 27.2 Å². The number of halogens is 4. The van der Waals surface area contributed by atoms with Crippen LogP contribution in [0, 0.1) is 35.4 Å². The molecule has 2 aromatic carbocycles. The van der Waals surface area contributed by atoms with Gasteiger partial charge >= 0.3 is 6.18 Å². The Morgan fingerprint density at radius 2 is 1.87 bits per heavy atom. The molecule has 0 radical (unpaired) electrons. The lowest BCUT2D eigenvalue weighted by atomic mass is 9.81. The van der Waals surface area contributed by atoms with Crippen molar-refractivity contribution in [3.63, 3.8) is 0 Å². The van der Waals surface area contributed by atoms with E-state index in [1.807, 2.05) is 6.07 Å². The molecule has 2 bridgehead atoms. The van der Waals surface area contributed by atoms with Gasteiger partial charge in [-0.1, -0.05) is 16.8 Å². The highest BCUT2D eigenvalue weighted by molar-refractivity contribution is 6.06. The van der Waals surface area contributed by atoms with E-state index in [1.54, 1.807) is 12.1 Å². The predicted molar refractivity (Wildman–Crippen MR) is 157 cm³/mol. The Morgan fingerprint density at radius 1 is 1.07 bits per heavy atom. The fraction of sp³-hybridized carbons (Fsp3) is 0.485. The molecule has 2 heterocycles. The van der Waals surface area contributed by atoms with E-state index in [1.165, 1.54) is 12.7 Å². The number of fused-ring (bicyclic) bond motifs is 3. The fourth-order valence-corrected chi connectivity index (χ4v) is 7.64. The number of oxime groups is 1. The molecule has 2 amide bonds. The van der Waals surface area contributed by atoms with Crippen molar-refractivity contribution in [3.05, 3.63) is 70.6 Å². The molecule has 7 rings (SSSR count). The van der Waals surface area contributed by atoms with Crippen LogP contribution in [-0.2, 0) is 15.8 Å². The number of amides is 2. The van der Waals surface area contributed by atoms with Crippen LogP contribution in [0.25, 0.3) is 0 Å². The van der Waals surface area contributed by atoms with Crippen molar-refractivity contribution in [1.82, 2.24) is 10.6 Å². The van der Waals surface area contributed by atoms with Gasteiger partial charge in [0.25, 0.3) is 5.91 Å². The highest BCUT2D eigenvalue weighted by Crippen LogP contribution is 2.55. The monoisotopic (exact) mass is 626 g/mol. The normalized spacial score (nSPS) is 29.4. The summed E-state index contributed by atoms with van der Waals surface area (Å²) in [7, 11) is 1.50. The number of carbonyl (C=O) groups is 2. The van der Waals surface area contributed by atoms with Crippen molar-refractivity contribution in [1.29, 1.82) is 0 Å². The second-order valence-corrected chi connectivity index (χ2v) is 12.7. The Labute approximate surface area is 257 Å². The summed E-state index contributed by atoms with van der Waals surface area (Å²) in [5.41, 5.74) is 1.59. The number of hydrogen-bond donors (Lipinski definition) is 3. The van der Waals surface area contributed by atoms with Crippen molar-refractivity contribution in [2.45, 2.75) is 50.4 Å². The summed E-state index contributed by atoms with van der Waals surface area (Å²) in [6.45, 7) is 1.44. The zero-order valence-electron chi connectivity index (χ0n) is 24.6. The zero-order chi connectivity index (χ0) is 31.5. The number of methoxy groups -OCH3 is 1. The van der Waals surface area contributed by atoms with Crippen molar-refractivity contribution in [2.24, 2.45) is 34.7 Å². The SMILES string of the molecule is COc1ccc(C2=NOC3CNCC23)cc1C(=O)N[C@@H]1[C@@H](CC(=O)Nc2ccc(F)c(C(F)(F)F)c2)[C@H]2CC[C@@H]1/C2=C\C1CC1. The molecule has 1 saturated heterocycles. The first-order valence-electron chi connectivity index (χ1n) is 15.4. The molecule has 0 spiro atoms. The van der Waals surface area contributed by atoms with Crippen LogP contribution in [0.4, 0.5) is 23.2 Å². The number of hydrogen-bond acceptors (Lipinski definition) is 6. The molecule has 8 nitrogen and oxygen atoms in total. The van der Waals surface area contributed by atoms with Crippen LogP contribution in [0.3, 0.4) is 0 Å². The average Bonchev–Trinajstić information content (AvgIpc) is 3.27. The maximum Gasteiger partial charge on any atom is 0.419 e. The van der Waals surface area contributed by atoms with E-state index < -0.39 is 23.5 Å². The molecule has 3 aliphatic carbocycles. The molecular formula is C33H34F4N4O4. The Bertz CT molecular complexity index is 1590. The van der Waals surface area contributed by atoms with Crippen LogP contribution in [0.5, 0.6) is 5.75 Å². The summed E-state index contributed by atoms with van der Waals surface area (Å²) in [5.74, 6) is -1.35. The summed E-state index contributed by atoms with van der Waals surface area (Å²) in [6.07, 6.45) is 1.36. The van der Waals surface area contributed by atoms with E-state index in [9.17, 15) is 27.2 Å². The standard InChI is InChI=1S/C33H34F4N4O4/c1-44-27-9-4-17(30-24-14-38-15-28(24)45-41-30)11-23(27)32(43)40-31-20-7-6-19(21(20)10-16-2-3-16)22(31)13-29(42)39-18-5-8-26(34)25(12-18)33(35,36)37/h4-5,8-12,16,19-20,22,24,28,31,38H,2-3,6-7,13-15H2,1H3,(H,39,42)(H,40,43)/b21-10-/t19-,20+,22-,24?,28?,31-/m0/s1. The van der Waals surface area contributed by atoms with Gasteiger partial charge in [0.15, 0.2) is 0 Å². The average molecular weight is 627 g/mol. The van der Waals surface area contributed by atoms with Gasteiger partial charge in [-0.25, -0.2) is 4.39 Å². The van der Waals surface area contributed by atoms with E-state index in [0.717, 1.165) is 49.6 Å². The Morgan fingerprint density at radius 3 is 2.62 bits per heavy atom. The summed E-state index contributed by atoms with van der Waals surface area (Å²) < 4.78 is 59.2. The lowest BCUT2D eigenvalue weighted by Crippen LogP contribution is -2.45. The summed E-state index contributed by atoms with van der Waals surface area (Å²) in [5, 5.41) is 13.4. The molecule has 238 valence electrons. The lowest BCUT2D eigenvalue weighted by molar-refractivity contribution is -0.140. The fourth-order valence-electron chi connectivity index (χ4n) is 7.64. The van der Waals surface area contributed by atoms with Gasteiger partial charge in [0, 0.05) is 42.7 Å². The molecule has 12 heteroatoms. The first kappa shape index (κ1) is 29.8. The number of ether oxygens (including phenoxy) is 1. The van der Waals surface area contributed by atoms with Crippen LogP contribution < -0.4 is 20.7 Å². The van der Waals surface area contributed by atoms with Crippen LogP contribution >= 0.6 is 0 Å². The number of anilines is 1. The Balaban J connectivity index is 1.13. The molecule has 3 N–H and O–H groups in total. The molecule has 2 aliphatic heterocycles. The number of carbonyl (C=O) groups excluding carboxylic acids is 2. The summed E-state index contributed by atoms with van der Waals surface area (Å²) in [6, 6.07) is 7.43. The first-order chi connectivity index (χ1) is 21.6. The summed E-state index contributed by atoms with van der Waals surface area (Å²) in [4.78, 5) is 32.8. The molecule has 2 aromatic rings. The largest absolute Gasteiger partial charge is 0.496 e. The maximum atomic E-state index is 13.9. The molecule has 5 aliphatic rings. The van der Waals surface area contributed by atoms with Gasteiger partial charge < -0.3 is 25.5 Å². The maximum absolute atomic E-state index is 13.9. The molecule has 6 atom stereocenters. The van der Waals surface area contributed by atoms with E-state index in [4.69, 9.17) is 9.57 Å². The van der Waals surface area contributed by atoms with Crippen molar-refractivity contribution < 1.29 is 36.7 Å². The van der Waals surface area contributed by atoms with Crippen LogP contribution in [-0.4, -0.2) is 49.9 Å². The van der Waals surface area contributed by atoms with Crippen molar-refractivity contribution in [2.75, 3.05) is 25.5 Å². The van der Waals surface area contributed by atoms with Crippen molar-refractivity contribution >= 4 is 23.2 Å². The van der Waals surface area contributed by atoms with Gasteiger partial charge in [0.1, 0.15) is 17.7 Å². The molecule has 2 unspecified atom stereocenters. The lowest BCUT2D eigenvalue weighted by Gasteiger charge is -2.31. The molecule has 0 aromatic heterocycles. The van der Waals surface area contributed by atoms with E-state index in [-0.39, 0.29) is 53.8 Å². The quantitative estimate of drug-likeness (QED) is 0.273. The van der Waals surface area contributed by atoms with Crippen LogP contribution in [0.2, 0.25) is 0 Å². The molecule has 4 fully saturated rings. The molecular weight excluding hydrogens is 592 g/mol. The van der Waals surface area contributed by atoms with Gasteiger partial charge in [0.2, 0.25) is 5.91 Å². The van der Waals surface area contributed by atoms with Crippen molar-refractivity contribution in [3.8, 4) is 5.75 Å². The Kier molecular flexibility index (Phi) is 7.58. The van der Waals surface area contributed by atoms with Gasteiger partial charge in [0.05, 0.1) is 29.9 Å². The third kappa shape index (κ3) is 5.69. The number of nitrogens with one attached hydrogen (secondary N) is 3.